The van der Waals surface area contributed by atoms with Crippen molar-refractivity contribution in [2.75, 3.05) is 19.8 Å². The molecule has 0 bridgehead atoms. The summed E-state index contributed by atoms with van der Waals surface area (Å²) in [4.78, 5) is 0. The van der Waals surface area contributed by atoms with Gasteiger partial charge in [0.1, 0.15) is 0 Å². The minimum atomic E-state index is 0.284. The Hall–Kier alpha value is -0.0800. The monoisotopic (exact) mass is 241 g/mol. The van der Waals surface area contributed by atoms with Gasteiger partial charge in [0, 0.05) is 24.6 Å². The largest absolute Gasteiger partial charge is 0.381 e. The van der Waals surface area contributed by atoms with Crippen LogP contribution in [-0.2, 0) is 4.74 Å². The van der Waals surface area contributed by atoms with E-state index in [1.54, 1.807) is 0 Å². The molecule has 0 aliphatic heterocycles. The SMILES string of the molecule is CCCCCCCOCC(C)(C)CNC1CC1. The predicted octanol–water partition coefficient (Wildman–Crippen LogP) is 3.75. The quantitative estimate of drug-likeness (QED) is 0.556. The number of ether oxygens (including phenoxy) is 1. The normalized spacial score (nSPS) is 16.4. The van der Waals surface area contributed by atoms with Crippen molar-refractivity contribution >= 4 is 0 Å². The van der Waals surface area contributed by atoms with Gasteiger partial charge in [0.15, 0.2) is 0 Å². The fourth-order valence-corrected chi connectivity index (χ4v) is 1.92. The third kappa shape index (κ3) is 8.62. The van der Waals surface area contributed by atoms with E-state index in [4.69, 9.17) is 4.74 Å². The third-order valence-electron chi connectivity index (χ3n) is 3.33. The first kappa shape index (κ1) is 15.0. The molecule has 0 amide bonds. The molecule has 102 valence electrons. The minimum Gasteiger partial charge on any atom is -0.381 e. The molecule has 0 atom stereocenters. The van der Waals surface area contributed by atoms with Crippen LogP contribution < -0.4 is 5.32 Å². The van der Waals surface area contributed by atoms with Gasteiger partial charge >= 0.3 is 0 Å². The zero-order chi connectivity index (χ0) is 12.6. The van der Waals surface area contributed by atoms with Crippen molar-refractivity contribution in [3.8, 4) is 0 Å². The maximum Gasteiger partial charge on any atom is 0.0529 e. The molecule has 2 nitrogen and oxygen atoms in total. The van der Waals surface area contributed by atoms with Gasteiger partial charge in [-0.05, 0) is 19.3 Å². The molecule has 1 fully saturated rings. The number of unbranched alkanes of at least 4 members (excludes halogenated alkanes) is 4. The molecule has 0 radical (unpaired) electrons. The van der Waals surface area contributed by atoms with Crippen LogP contribution in [0.2, 0.25) is 0 Å². The minimum absolute atomic E-state index is 0.284. The van der Waals surface area contributed by atoms with Crippen molar-refractivity contribution in [2.24, 2.45) is 5.41 Å². The Kier molecular flexibility index (Phi) is 7.14. The van der Waals surface area contributed by atoms with E-state index in [0.29, 0.717) is 0 Å². The average Bonchev–Trinajstić information content (AvgIpc) is 3.09. The molecule has 1 saturated carbocycles. The molecule has 1 N–H and O–H groups in total. The Bertz CT molecular complexity index is 187. The summed E-state index contributed by atoms with van der Waals surface area (Å²) in [6.45, 7) is 9.76. The number of rotatable bonds is 11. The summed E-state index contributed by atoms with van der Waals surface area (Å²) >= 11 is 0. The van der Waals surface area contributed by atoms with E-state index in [1.807, 2.05) is 0 Å². The molecular weight excluding hydrogens is 210 g/mol. The highest BCUT2D eigenvalue weighted by Crippen LogP contribution is 2.22. The highest BCUT2D eigenvalue weighted by atomic mass is 16.5. The molecule has 0 unspecified atom stereocenters. The lowest BCUT2D eigenvalue weighted by atomic mass is 9.95. The summed E-state index contributed by atoms with van der Waals surface area (Å²) in [6, 6.07) is 0.809. The topological polar surface area (TPSA) is 21.3 Å². The first-order chi connectivity index (χ1) is 8.14. The van der Waals surface area contributed by atoms with Crippen molar-refractivity contribution in [2.45, 2.75) is 71.8 Å². The maximum atomic E-state index is 5.79. The molecule has 1 aliphatic rings. The molecule has 1 aliphatic carbocycles. The number of hydrogen-bond donors (Lipinski definition) is 1. The predicted molar refractivity (Wildman–Crippen MR) is 74.4 cm³/mol. The molecule has 0 spiro atoms. The van der Waals surface area contributed by atoms with E-state index in [0.717, 1.165) is 25.8 Å². The summed E-state index contributed by atoms with van der Waals surface area (Å²) in [7, 11) is 0. The molecule has 0 aromatic carbocycles. The maximum absolute atomic E-state index is 5.79. The first-order valence-corrected chi connectivity index (χ1v) is 7.45. The van der Waals surface area contributed by atoms with Crippen LogP contribution in [0.5, 0.6) is 0 Å². The fourth-order valence-electron chi connectivity index (χ4n) is 1.92. The summed E-state index contributed by atoms with van der Waals surface area (Å²) in [5.41, 5.74) is 0.284. The van der Waals surface area contributed by atoms with Gasteiger partial charge < -0.3 is 10.1 Å². The molecule has 0 saturated heterocycles. The van der Waals surface area contributed by atoms with E-state index in [1.165, 1.54) is 44.9 Å². The van der Waals surface area contributed by atoms with E-state index in [9.17, 15) is 0 Å². The second kappa shape index (κ2) is 8.10. The van der Waals surface area contributed by atoms with Crippen LogP contribution in [0.3, 0.4) is 0 Å². The highest BCUT2D eigenvalue weighted by molar-refractivity contribution is 4.83. The fraction of sp³-hybridized carbons (Fsp3) is 1.00. The summed E-state index contributed by atoms with van der Waals surface area (Å²) in [6.07, 6.45) is 9.35. The molecule has 0 aromatic heterocycles. The van der Waals surface area contributed by atoms with Crippen molar-refractivity contribution in [3.05, 3.63) is 0 Å². The smallest absolute Gasteiger partial charge is 0.0529 e. The van der Waals surface area contributed by atoms with Gasteiger partial charge in [-0.3, -0.25) is 0 Å². The molecular formula is C15H31NO. The Balaban J connectivity index is 1.88. The first-order valence-electron chi connectivity index (χ1n) is 7.45. The van der Waals surface area contributed by atoms with E-state index in [2.05, 4.69) is 26.1 Å². The molecule has 1 rings (SSSR count). The van der Waals surface area contributed by atoms with Gasteiger partial charge in [-0.2, -0.15) is 0 Å². The van der Waals surface area contributed by atoms with Crippen LogP contribution in [0.1, 0.15) is 65.7 Å². The lowest BCUT2D eigenvalue weighted by molar-refractivity contribution is 0.0595. The van der Waals surface area contributed by atoms with Crippen LogP contribution in [0, 0.1) is 5.41 Å². The van der Waals surface area contributed by atoms with Crippen LogP contribution in [0.4, 0.5) is 0 Å². The molecule has 0 aromatic rings. The summed E-state index contributed by atoms with van der Waals surface area (Å²) in [5.74, 6) is 0. The zero-order valence-corrected chi connectivity index (χ0v) is 12.1. The summed E-state index contributed by atoms with van der Waals surface area (Å²) in [5, 5.41) is 3.59. The Morgan fingerprint density at radius 1 is 1.12 bits per heavy atom. The molecule has 17 heavy (non-hydrogen) atoms. The van der Waals surface area contributed by atoms with Gasteiger partial charge in [0.25, 0.3) is 0 Å². The van der Waals surface area contributed by atoms with Gasteiger partial charge in [0.05, 0.1) is 6.61 Å². The van der Waals surface area contributed by atoms with Crippen LogP contribution >= 0.6 is 0 Å². The standard InChI is InChI=1S/C15H31NO/c1-4-5-6-7-8-11-17-13-15(2,3)12-16-14-9-10-14/h14,16H,4-13H2,1-3H3. The van der Waals surface area contributed by atoms with Crippen molar-refractivity contribution < 1.29 is 4.74 Å². The van der Waals surface area contributed by atoms with E-state index < -0.39 is 0 Å². The van der Waals surface area contributed by atoms with Gasteiger partial charge in [0.2, 0.25) is 0 Å². The highest BCUT2D eigenvalue weighted by Gasteiger charge is 2.25. The van der Waals surface area contributed by atoms with Gasteiger partial charge in [-0.15, -0.1) is 0 Å². The van der Waals surface area contributed by atoms with E-state index in [-0.39, 0.29) is 5.41 Å². The molecule has 0 heterocycles. The second-order valence-electron chi connectivity index (χ2n) is 6.29. The number of nitrogens with one attached hydrogen (secondary N) is 1. The van der Waals surface area contributed by atoms with Gasteiger partial charge in [-0.25, -0.2) is 0 Å². The zero-order valence-electron chi connectivity index (χ0n) is 12.1. The van der Waals surface area contributed by atoms with Crippen molar-refractivity contribution in [1.29, 1.82) is 0 Å². The van der Waals surface area contributed by atoms with Crippen molar-refractivity contribution in [3.63, 3.8) is 0 Å². The summed E-state index contributed by atoms with van der Waals surface area (Å²) < 4.78 is 5.79. The number of hydrogen-bond acceptors (Lipinski definition) is 2. The van der Waals surface area contributed by atoms with Crippen LogP contribution in [-0.4, -0.2) is 25.8 Å². The Labute approximate surface area is 108 Å². The van der Waals surface area contributed by atoms with Crippen molar-refractivity contribution in [1.82, 2.24) is 5.32 Å². The van der Waals surface area contributed by atoms with Crippen LogP contribution in [0.25, 0.3) is 0 Å². The average molecular weight is 241 g/mol. The lowest BCUT2D eigenvalue weighted by Crippen LogP contribution is -2.34. The van der Waals surface area contributed by atoms with E-state index >= 15 is 0 Å². The lowest BCUT2D eigenvalue weighted by Gasteiger charge is -2.25. The Morgan fingerprint density at radius 2 is 1.82 bits per heavy atom. The second-order valence-corrected chi connectivity index (χ2v) is 6.29. The molecule has 2 heteroatoms. The Morgan fingerprint density at radius 3 is 2.47 bits per heavy atom. The third-order valence-corrected chi connectivity index (χ3v) is 3.33. The van der Waals surface area contributed by atoms with Crippen LogP contribution in [0.15, 0.2) is 0 Å². The van der Waals surface area contributed by atoms with Gasteiger partial charge in [-0.1, -0.05) is 46.5 Å².